The van der Waals surface area contributed by atoms with Crippen LogP contribution in [0.2, 0.25) is 0 Å². The molecular weight excluding hydrogens is 1620 g/mol. The van der Waals surface area contributed by atoms with Crippen LogP contribution in [-0.4, -0.2) is 254 Å². The molecule has 30 nitrogen and oxygen atoms in total. The van der Waals surface area contributed by atoms with Gasteiger partial charge in [-0.15, -0.1) is 11.6 Å². The van der Waals surface area contributed by atoms with Gasteiger partial charge in [0.2, 0.25) is 5.60 Å². The Balaban J connectivity index is 0.000000105. The van der Waals surface area contributed by atoms with Crippen molar-refractivity contribution in [2.75, 3.05) is 26.4 Å². The fourth-order valence-electron chi connectivity index (χ4n) is 31.7. The third kappa shape index (κ3) is 7.76. The van der Waals surface area contributed by atoms with Crippen LogP contribution >= 0.6 is 34.8 Å². The van der Waals surface area contributed by atoms with Crippen molar-refractivity contribution in [3.63, 3.8) is 0 Å². The first kappa shape index (κ1) is 75.9. The maximum atomic E-state index is 14.4. The minimum Gasteiger partial charge on any atom is -0.458 e. The van der Waals surface area contributed by atoms with Crippen LogP contribution in [-0.2, 0) is 138 Å². The Kier molecular flexibility index (Phi) is 14.1. The van der Waals surface area contributed by atoms with Gasteiger partial charge in [-0.3, -0.25) is 9.59 Å². The Labute approximate surface area is 696 Å². The van der Waals surface area contributed by atoms with Gasteiger partial charge in [0, 0.05) is 44.0 Å². The molecule has 0 amide bonds. The van der Waals surface area contributed by atoms with Crippen molar-refractivity contribution in [1.29, 1.82) is 0 Å². The Morgan fingerprint density at radius 1 is 0.378 bits per heavy atom. The number of aliphatic hydroxyl groups excluding tert-OH is 1. The van der Waals surface area contributed by atoms with Gasteiger partial charge in [0.05, 0.1) is 23.7 Å². The summed E-state index contributed by atoms with van der Waals surface area (Å²) in [6.07, 6.45) is 2.11. The van der Waals surface area contributed by atoms with Crippen molar-refractivity contribution in [2.45, 2.75) is 324 Å². The summed E-state index contributed by atoms with van der Waals surface area (Å²) < 4.78 is 119. The number of alkyl halides is 1. The number of hydrogen-bond acceptors (Lipinski definition) is 30. The first-order valence-electron chi connectivity index (χ1n) is 42.9. The number of carbonyl (C=O) groups excluding carboxylic acids is 10. The molecule has 0 aromatic carbocycles. The number of hydrogen-bond donors (Lipinski definition) is 1. The van der Waals surface area contributed by atoms with Gasteiger partial charge in [0.1, 0.15) is 126 Å². The highest BCUT2D eigenvalue weighted by molar-refractivity contribution is 6.97. The molecule has 20 fully saturated rings. The Bertz CT molecular complexity index is 4950. The summed E-state index contributed by atoms with van der Waals surface area (Å²) in [6, 6.07) is 0. The first-order valence-corrected chi connectivity index (χ1v) is 44.1. The average molecular weight is 1710 g/mol. The summed E-state index contributed by atoms with van der Waals surface area (Å²) >= 11 is 16.1. The smallest absolute Gasteiger partial charge is 0.418 e. The summed E-state index contributed by atoms with van der Waals surface area (Å²) in [7, 11) is 0. The zero-order chi connectivity index (χ0) is 83.0. The molecule has 1 N–H and O–H groups in total. The lowest BCUT2D eigenvalue weighted by Crippen LogP contribution is -2.81. The molecule has 16 aliphatic heterocycles. The van der Waals surface area contributed by atoms with Crippen LogP contribution in [0.15, 0.2) is 44.6 Å². The van der Waals surface area contributed by atoms with Gasteiger partial charge < -0.3 is 95.1 Å². The van der Waals surface area contributed by atoms with E-state index in [2.05, 4.69) is 64.7 Å². The molecule has 119 heavy (non-hydrogen) atoms. The number of ether oxygens (including phenoxy) is 19. The van der Waals surface area contributed by atoms with Crippen molar-refractivity contribution in [1.82, 2.24) is 0 Å². The van der Waals surface area contributed by atoms with E-state index in [4.69, 9.17) is 102 Å². The fraction of sp³-hybridized carbons (Fsp3) is 0.791. The minimum absolute atomic E-state index is 0.00194. The topological polar surface area (TPSA) is 403 Å². The van der Waals surface area contributed by atoms with E-state index in [0.29, 0.717) is 64.4 Å². The number of cyclic esters (lactones) is 4. The van der Waals surface area contributed by atoms with Gasteiger partial charge in [-0.25, -0.2) is 38.4 Å². The van der Waals surface area contributed by atoms with E-state index in [0.717, 1.165) is 63.8 Å². The van der Waals surface area contributed by atoms with Crippen molar-refractivity contribution >= 4 is 93.0 Å². The Morgan fingerprint density at radius 2 is 0.681 bits per heavy atom. The number of fused-ring (bicyclic) bond motifs is 17. The lowest BCUT2D eigenvalue weighted by Gasteiger charge is -2.62. The van der Waals surface area contributed by atoms with Gasteiger partial charge >= 0.3 is 58.2 Å². The molecule has 638 valence electrons. The van der Waals surface area contributed by atoms with Crippen LogP contribution in [0.1, 0.15) is 160 Å². The quantitative estimate of drug-likeness (QED) is 0.0836. The maximum Gasteiger partial charge on any atom is 0.418 e. The van der Waals surface area contributed by atoms with Crippen molar-refractivity contribution < 1.29 is 143 Å². The van der Waals surface area contributed by atoms with Crippen LogP contribution < -0.4 is 0 Å². The van der Waals surface area contributed by atoms with Gasteiger partial charge in [0.25, 0.3) is 0 Å². The summed E-state index contributed by atoms with van der Waals surface area (Å²) in [4.78, 5) is 122. The van der Waals surface area contributed by atoms with Gasteiger partial charge in [-0.2, -0.15) is 0 Å². The number of aliphatic hydroxyl groups is 1. The van der Waals surface area contributed by atoms with E-state index < -0.39 is 148 Å². The zero-order valence-electron chi connectivity index (χ0n) is 67.6. The second-order valence-corrected chi connectivity index (χ2v) is 42.8. The molecule has 12 aliphatic carbocycles. The van der Waals surface area contributed by atoms with Crippen LogP contribution in [0.3, 0.4) is 0 Å². The molecule has 28 aliphatic rings. The lowest BCUT2D eigenvalue weighted by atomic mass is 9.44. The fourth-order valence-corrected chi connectivity index (χ4v) is 32.2. The average Bonchev–Trinajstić information content (AvgIpc) is 1.43. The highest BCUT2D eigenvalue weighted by atomic mass is 35.5. The number of halogens is 3. The van der Waals surface area contributed by atoms with Gasteiger partial charge in [-0.1, -0.05) is 83.1 Å². The summed E-state index contributed by atoms with van der Waals surface area (Å²) in [5.74, 6) is -4.87. The van der Waals surface area contributed by atoms with E-state index in [1.807, 2.05) is 41.5 Å². The molecule has 16 heterocycles. The maximum absolute atomic E-state index is 14.4. The largest absolute Gasteiger partial charge is 0.458 e. The highest BCUT2D eigenvalue weighted by Gasteiger charge is 3.06. The van der Waals surface area contributed by atoms with Crippen LogP contribution in [0.25, 0.3) is 0 Å². The standard InChI is InChI=1S/C42H46O14.C22H23ClO8.C20H24O6.C2Cl2O2/c1-15(2)37-25(53-37)27-41(55-27)35(5)9-7-17-19(13-47-29(17)43)21(35)11-23-39(41,51-23)33(37)49-31(45)32(46)50-34-38(16(3)4)26(54-38)28-42(56-28)36(6)10-8-18-20(14-48-30(18)44)22(36)12-24-40(34,42)52-24;1-8(2)20-13(29-20)14-22(30-14)19(3)5-4-9-10(7-27-15(9)24)11(19)6-12(23)21(22)18(20)28-16(25)17(26)31-21;1-8(2)18-13(25-18)14-20(26-14)17(3)5-4-9-10(7-23-15(9)21)11(17)6-12-19(20,24-12)16(18)22;3-1(5)2(4)6/h15-16,21-28,33-34H,7-14H2,1-6H3;8,11-14,18H,4-7H2,1-3H3;8,11-14,16,22H,4-7H2,1-3H3;/t21-,22-,23-,24-,25-,26-,27-,28-,33+,34+,35-,36-,37-,38-,39+,40+,41+,42+;11-,12+,13-,14-,18+,19-,20-,21+,22+;11-,12-,13-,14-,16+,17-,18-,19+,20+;/m000./s1. The second kappa shape index (κ2) is 22.1. The van der Waals surface area contributed by atoms with E-state index in [-0.39, 0.29) is 164 Å². The molecule has 36 atom stereocenters. The summed E-state index contributed by atoms with van der Waals surface area (Å²) in [6.45, 7) is 26.5. The van der Waals surface area contributed by atoms with Crippen molar-refractivity contribution in [3.05, 3.63) is 44.6 Å². The molecule has 28 rings (SSSR count). The third-order valence-electron chi connectivity index (χ3n) is 37.4. The molecule has 0 unspecified atom stereocenters. The second-order valence-electron chi connectivity index (χ2n) is 41.6. The summed E-state index contributed by atoms with van der Waals surface area (Å²) in [5.41, 5.74) is -4.27. The van der Waals surface area contributed by atoms with E-state index >= 15 is 0 Å². The number of epoxide rings is 11. The zero-order valence-corrected chi connectivity index (χ0v) is 69.9. The number of esters is 8. The van der Waals surface area contributed by atoms with E-state index in [1.165, 1.54) is 0 Å². The molecule has 0 aromatic heterocycles. The van der Waals surface area contributed by atoms with Gasteiger partial charge in [-0.05, 0) is 170 Å². The molecule has 8 saturated carbocycles. The molecule has 0 bridgehead atoms. The summed E-state index contributed by atoms with van der Waals surface area (Å²) in [5, 5.41) is 8.48. The molecule has 8 spiro atoms. The number of rotatable bonds is 7. The highest BCUT2D eigenvalue weighted by Crippen LogP contribution is 2.88. The Morgan fingerprint density at radius 3 is 1.04 bits per heavy atom. The van der Waals surface area contributed by atoms with Crippen LogP contribution in [0, 0.1) is 69.0 Å². The van der Waals surface area contributed by atoms with Crippen LogP contribution in [0.4, 0.5) is 0 Å². The van der Waals surface area contributed by atoms with E-state index in [1.54, 1.807) is 0 Å². The molecule has 12 saturated heterocycles. The van der Waals surface area contributed by atoms with Crippen LogP contribution in [0.5, 0.6) is 0 Å². The molecule has 0 aromatic rings. The lowest BCUT2D eigenvalue weighted by molar-refractivity contribution is -0.263. The van der Waals surface area contributed by atoms with Crippen molar-refractivity contribution in [3.8, 4) is 0 Å². The first-order chi connectivity index (χ1) is 56.3. The number of carbonyl (C=O) groups is 10. The normalized spacial score (nSPS) is 56.7. The van der Waals surface area contributed by atoms with Gasteiger partial charge in [0.15, 0.2) is 35.1 Å². The predicted molar refractivity (Wildman–Crippen MR) is 393 cm³/mol. The van der Waals surface area contributed by atoms with Crippen molar-refractivity contribution in [2.24, 2.45) is 69.0 Å². The molecular formula is C86H93Cl3O30. The molecule has 33 heteroatoms. The predicted octanol–water partition coefficient (Wildman–Crippen LogP) is 5.36. The third-order valence-corrected chi connectivity index (χ3v) is 38.4. The minimum atomic E-state index is -1.34. The Hall–Kier alpha value is -5.55. The monoisotopic (exact) mass is 1710 g/mol. The van der Waals surface area contributed by atoms with E-state index in [9.17, 15) is 53.1 Å². The SMILES string of the molecule is CC(C)[C@]12O[C@H]1[C@@H]1O[C@]13[C@@]1(OC(=O)C(=O)O[C@H]21)[C@H](Cl)C[C@H]1C2=C(CC[C@@]13C)C(=O)OC2.CC(C)[C@]12O[C@H]1[C@@H]1O[C@]13[C@]1(O[C@H]1C[C@H]1C4=C(CC[C@@]13C)C(=O)OC4)[C@@H]2O.CC(C)[C@]12O[C@H]1[C@@H]1O[C@]13[C@]1(O[C@H]1C[C@H]1C4=C(CC[C@@]13C)C(=O)OC4)[C@@H]2OC(=O)C(=O)O[C@@H]1[C@@]2(C(C)C)O[C@H]2[C@@H]2O[C@]23[C@]12O[C@H]2C[C@H]1C2=C(CC[C@@]13C)C(=O)OC2.O=C(Cl)C(=O)Cl. The molecule has 0 radical (unpaired) electrons.